The van der Waals surface area contributed by atoms with E-state index in [1.807, 2.05) is 17.5 Å². The van der Waals surface area contributed by atoms with E-state index in [9.17, 15) is 0 Å². The first-order chi connectivity index (χ1) is 9.24. The van der Waals surface area contributed by atoms with E-state index in [-0.39, 0.29) is 0 Å². The van der Waals surface area contributed by atoms with Crippen molar-refractivity contribution in [1.82, 2.24) is 15.0 Å². The van der Waals surface area contributed by atoms with Gasteiger partial charge in [0.15, 0.2) is 5.16 Å². The fourth-order valence-corrected chi connectivity index (χ4v) is 3.44. The lowest BCUT2D eigenvalue weighted by Crippen LogP contribution is -1.96. The van der Waals surface area contributed by atoms with Crippen molar-refractivity contribution in [3.05, 3.63) is 41.0 Å². The number of nitrogen functional groups attached to an aromatic ring is 1. The van der Waals surface area contributed by atoms with E-state index < -0.39 is 0 Å². The molecule has 96 valence electrons. The van der Waals surface area contributed by atoms with Crippen LogP contribution in [0.2, 0.25) is 0 Å². The predicted octanol–water partition coefficient (Wildman–Crippen LogP) is 3.27. The number of rotatable bonds is 3. The molecule has 0 saturated carbocycles. The molecule has 0 atom stereocenters. The van der Waals surface area contributed by atoms with Crippen LogP contribution in [0.4, 0.5) is 5.82 Å². The van der Waals surface area contributed by atoms with Crippen LogP contribution in [0.25, 0.3) is 10.2 Å². The van der Waals surface area contributed by atoms with E-state index in [1.165, 1.54) is 5.56 Å². The monoisotopic (exact) mass is 288 g/mol. The van der Waals surface area contributed by atoms with Gasteiger partial charge >= 0.3 is 0 Å². The third kappa shape index (κ3) is 2.54. The van der Waals surface area contributed by atoms with Gasteiger partial charge in [-0.2, -0.15) is 0 Å². The Balaban J connectivity index is 1.84. The summed E-state index contributed by atoms with van der Waals surface area (Å²) in [5, 5.41) is 3.62. The average Bonchev–Trinajstić information content (AvgIpc) is 2.87. The highest BCUT2D eigenvalue weighted by Crippen LogP contribution is 2.27. The summed E-state index contributed by atoms with van der Waals surface area (Å²) in [5.74, 6) is 1.30. The molecule has 0 amide bonds. The number of aromatic nitrogens is 3. The molecule has 19 heavy (non-hydrogen) atoms. The van der Waals surface area contributed by atoms with Crippen LogP contribution in [0.3, 0.4) is 0 Å². The van der Waals surface area contributed by atoms with Crippen LogP contribution in [0.5, 0.6) is 0 Å². The van der Waals surface area contributed by atoms with Gasteiger partial charge < -0.3 is 5.73 Å². The first-order valence-electron chi connectivity index (χ1n) is 5.78. The lowest BCUT2D eigenvalue weighted by molar-refractivity contribution is 1.01. The molecule has 3 heterocycles. The van der Waals surface area contributed by atoms with Crippen molar-refractivity contribution in [1.29, 1.82) is 0 Å². The van der Waals surface area contributed by atoms with Crippen LogP contribution in [0.1, 0.15) is 11.3 Å². The van der Waals surface area contributed by atoms with Gasteiger partial charge in [-0.3, -0.25) is 4.98 Å². The molecule has 0 spiro atoms. The highest BCUT2D eigenvalue weighted by atomic mass is 32.2. The first-order valence-corrected chi connectivity index (χ1v) is 7.64. The number of thiophene rings is 1. The molecule has 6 heteroatoms. The molecule has 0 aliphatic carbocycles. The summed E-state index contributed by atoms with van der Waals surface area (Å²) >= 11 is 3.14. The number of anilines is 1. The Morgan fingerprint density at radius 3 is 3.05 bits per heavy atom. The maximum Gasteiger partial charge on any atom is 0.191 e. The molecular weight excluding hydrogens is 276 g/mol. The van der Waals surface area contributed by atoms with E-state index in [1.54, 1.807) is 29.3 Å². The minimum atomic E-state index is 0.548. The zero-order chi connectivity index (χ0) is 13.2. The zero-order valence-corrected chi connectivity index (χ0v) is 12.0. The maximum atomic E-state index is 5.93. The fourth-order valence-electron chi connectivity index (χ4n) is 1.72. The number of fused-ring (bicyclic) bond motifs is 1. The molecule has 2 N–H and O–H groups in total. The van der Waals surface area contributed by atoms with Crippen molar-refractivity contribution < 1.29 is 0 Å². The van der Waals surface area contributed by atoms with Gasteiger partial charge in [-0.05, 0) is 30.0 Å². The molecule has 0 aromatic carbocycles. The number of thioether (sulfide) groups is 1. The quantitative estimate of drug-likeness (QED) is 0.592. The molecular formula is C13H12N4S2. The number of nitrogens with zero attached hydrogens (tertiary/aromatic N) is 3. The predicted molar refractivity (Wildman–Crippen MR) is 80.4 cm³/mol. The minimum Gasteiger partial charge on any atom is -0.383 e. The van der Waals surface area contributed by atoms with E-state index in [0.717, 1.165) is 21.7 Å². The van der Waals surface area contributed by atoms with Crippen LogP contribution < -0.4 is 5.73 Å². The number of pyridine rings is 1. The van der Waals surface area contributed by atoms with E-state index in [4.69, 9.17) is 5.73 Å². The summed E-state index contributed by atoms with van der Waals surface area (Å²) in [6, 6.07) is 5.95. The Bertz CT molecular complexity index is 723. The van der Waals surface area contributed by atoms with Crippen molar-refractivity contribution in [2.45, 2.75) is 17.8 Å². The molecule has 3 aromatic rings. The fraction of sp³-hybridized carbons (Fsp3) is 0.154. The summed E-state index contributed by atoms with van der Waals surface area (Å²) in [6.07, 6.45) is 1.81. The summed E-state index contributed by atoms with van der Waals surface area (Å²) in [4.78, 5) is 14.1. The molecule has 3 aromatic heterocycles. The molecule has 0 unspecified atom stereocenters. The van der Waals surface area contributed by atoms with Crippen LogP contribution in [-0.2, 0) is 5.75 Å². The number of hydrogen-bond donors (Lipinski definition) is 1. The molecule has 0 radical (unpaired) electrons. The summed E-state index contributed by atoms with van der Waals surface area (Å²) in [5.41, 5.74) is 8.16. The van der Waals surface area contributed by atoms with Gasteiger partial charge in [-0.25, -0.2) is 9.97 Å². The molecule has 4 nitrogen and oxygen atoms in total. The molecule has 0 aliphatic rings. The van der Waals surface area contributed by atoms with E-state index in [0.29, 0.717) is 11.0 Å². The van der Waals surface area contributed by atoms with Gasteiger partial charge in [-0.15, -0.1) is 11.3 Å². The maximum absolute atomic E-state index is 5.93. The van der Waals surface area contributed by atoms with Gasteiger partial charge in [-0.1, -0.05) is 17.8 Å². The summed E-state index contributed by atoms with van der Waals surface area (Å²) < 4.78 is 0. The smallest absolute Gasteiger partial charge is 0.191 e. The SMILES string of the molecule is Cc1cccnc1CSc1nc(N)c2ccsc2n1. The third-order valence-electron chi connectivity index (χ3n) is 2.79. The average molecular weight is 288 g/mol. The van der Waals surface area contributed by atoms with Gasteiger partial charge in [0.05, 0.1) is 11.1 Å². The van der Waals surface area contributed by atoms with Crippen LogP contribution >= 0.6 is 23.1 Å². The summed E-state index contributed by atoms with van der Waals surface area (Å²) in [6.45, 7) is 2.06. The lowest BCUT2D eigenvalue weighted by atomic mass is 10.2. The van der Waals surface area contributed by atoms with E-state index >= 15 is 0 Å². The van der Waals surface area contributed by atoms with Crippen molar-refractivity contribution in [2.75, 3.05) is 5.73 Å². The van der Waals surface area contributed by atoms with Crippen LogP contribution in [0.15, 0.2) is 34.9 Å². The van der Waals surface area contributed by atoms with Gasteiger partial charge in [0, 0.05) is 11.9 Å². The zero-order valence-electron chi connectivity index (χ0n) is 10.3. The van der Waals surface area contributed by atoms with Crippen molar-refractivity contribution >= 4 is 39.1 Å². The van der Waals surface area contributed by atoms with Crippen LogP contribution in [0, 0.1) is 6.92 Å². The largest absolute Gasteiger partial charge is 0.383 e. The van der Waals surface area contributed by atoms with Crippen molar-refractivity contribution in [2.24, 2.45) is 0 Å². The lowest BCUT2D eigenvalue weighted by Gasteiger charge is -2.04. The molecule has 0 aliphatic heterocycles. The highest BCUT2D eigenvalue weighted by molar-refractivity contribution is 7.98. The van der Waals surface area contributed by atoms with E-state index in [2.05, 4.69) is 27.9 Å². The molecule has 0 fully saturated rings. The van der Waals surface area contributed by atoms with Crippen LogP contribution in [-0.4, -0.2) is 15.0 Å². The van der Waals surface area contributed by atoms with Crippen molar-refractivity contribution in [3.63, 3.8) is 0 Å². The first kappa shape index (κ1) is 12.4. The second-order valence-corrected chi connectivity index (χ2v) is 5.92. The molecule has 0 bridgehead atoms. The topological polar surface area (TPSA) is 64.7 Å². The van der Waals surface area contributed by atoms with Gasteiger partial charge in [0.25, 0.3) is 0 Å². The third-order valence-corrected chi connectivity index (χ3v) is 4.46. The standard InChI is InChI=1S/C13H12N4S2/c1-8-3-2-5-15-10(8)7-19-13-16-11(14)9-4-6-18-12(9)17-13/h2-6H,7H2,1H3,(H2,14,16,17). The second kappa shape index (κ2) is 5.14. The Morgan fingerprint density at radius 2 is 2.21 bits per heavy atom. The normalized spacial score (nSPS) is 11.0. The van der Waals surface area contributed by atoms with Gasteiger partial charge in [0.2, 0.25) is 0 Å². The number of aryl methyl sites for hydroxylation is 1. The minimum absolute atomic E-state index is 0.548. The molecule has 3 rings (SSSR count). The number of hydrogen-bond acceptors (Lipinski definition) is 6. The Labute approximate surface area is 119 Å². The highest BCUT2D eigenvalue weighted by Gasteiger charge is 2.08. The van der Waals surface area contributed by atoms with Gasteiger partial charge in [0.1, 0.15) is 10.6 Å². The Morgan fingerprint density at radius 1 is 1.32 bits per heavy atom. The Hall–Kier alpha value is -1.66. The summed E-state index contributed by atoms with van der Waals surface area (Å²) in [7, 11) is 0. The second-order valence-electron chi connectivity index (χ2n) is 4.09. The molecule has 0 saturated heterocycles. The number of nitrogens with two attached hydrogens (primary N) is 1. The van der Waals surface area contributed by atoms with Crippen molar-refractivity contribution in [3.8, 4) is 0 Å². The Kier molecular flexibility index (Phi) is 3.35.